The van der Waals surface area contributed by atoms with Gasteiger partial charge in [-0.2, -0.15) is 0 Å². The van der Waals surface area contributed by atoms with Crippen molar-refractivity contribution in [2.45, 2.75) is 123 Å². The van der Waals surface area contributed by atoms with Crippen LogP contribution in [0.15, 0.2) is 23.8 Å². The second-order valence-electron chi connectivity index (χ2n) is 16.0. The normalized spacial score (nSPS) is 38.1. The summed E-state index contributed by atoms with van der Waals surface area (Å²) in [6, 6.07) is 4.58. The Morgan fingerprint density at radius 2 is 1.90 bits per heavy atom. The molecule has 0 bridgehead atoms. The quantitative estimate of drug-likeness (QED) is 0.0994. The lowest BCUT2D eigenvalue weighted by Gasteiger charge is -2.64. The number of carbonyl (C=O) groups is 2. The van der Waals surface area contributed by atoms with E-state index in [4.69, 9.17) is 4.74 Å². The van der Waals surface area contributed by atoms with Gasteiger partial charge in [-0.05, 0) is 135 Å². The highest BCUT2D eigenvalue weighted by Gasteiger charge is 2.66. The van der Waals surface area contributed by atoms with Crippen molar-refractivity contribution in [2.75, 3.05) is 6.61 Å². The smallest absolute Gasteiger partial charge is 0.333 e. The zero-order valence-electron chi connectivity index (χ0n) is 29.3. The summed E-state index contributed by atoms with van der Waals surface area (Å²) in [5.74, 6) is 4.84. The number of ether oxygens (including phenoxy) is 1. The number of hydrogen-bond acceptors (Lipinski definition) is 6. The molecule has 5 rings (SSSR count). The van der Waals surface area contributed by atoms with Crippen LogP contribution in [-0.2, 0) is 14.3 Å². The van der Waals surface area contributed by atoms with E-state index in [0.29, 0.717) is 56.3 Å². The molecular formula is C40H55FO7. The van der Waals surface area contributed by atoms with Crippen LogP contribution in [0.4, 0.5) is 4.39 Å². The van der Waals surface area contributed by atoms with Gasteiger partial charge in [0.25, 0.3) is 0 Å². The maximum absolute atomic E-state index is 15.1. The first kappa shape index (κ1) is 36.5. The fraction of sp³-hybridized carbons (Fsp3) is 0.700. The summed E-state index contributed by atoms with van der Waals surface area (Å²) in [5, 5.41) is 44.5. The second-order valence-corrected chi connectivity index (χ2v) is 16.0. The van der Waals surface area contributed by atoms with Crippen molar-refractivity contribution in [2.24, 2.45) is 46.3 Å². The van der Waals surface area contributed by atoms with E-state index in [-0.39, 0.29) is 58.3 Å². The summed E-state index contributed by atoms with van der Waals surface area (Å²) >= 11 is 0. The highest BCUT2D eigenvalue weighted by Crippen LogP contribution is 2.69. The van der Waals surface area contributed by atoms with Crippen LogP contribution in [0.25, 0.3) is 6.08 Å². The minimum absolute atomic E-state index is 0.00228. The van der Waals surface area contributed by atoms with Crippen LogP contribution in [0.1, 0.15) is 116 Å². The standard InChI is InChI=1S/C40H55FO7/c1-6-7-18-48-37(46)25(3)19-26-9-10-27(32(41)20-26)14-15-40(47)17-16-38(4)28(23-40)21-33(42)36-30-12-11-29(24(2)8-13-35(44)45)39(30,5)34(43)22-31(36)38/h9-10,19-20,24,28-31,33-34,36,42-43,47H,6-8,11-13,16-18,21-23H2,1-5H3,(H,44,45). The molecule has 0 saturated heterocycles. The first-order valence-corrected chi connectivity index (χ1v) is 18.1. The van der Waals surface area contributed by atoms with Crippen LogP contribution in [-0.4, -0.2) is 56.8 Å². The number of aliphatic hydroxyl groups is 3. The van der Waals surface area contributed by atoms with Gasteiger partial charge in [0.15, 0.2) is 0 Å². The molecule has 264 valence electrons. The van der Waals surface area contributed by atoms with Crippen molar-refractivity contribution in [1.29, 1.82) is 0 Å². The summed E-state index contributed by atoms with van der Waals surface area (Å²) in [6.07, 6.45) is 7.43. The summed E-state index contributed by atoms with van der Waals surface area (Å²) in [4.78, 5) is 23.5. The van der Waals surface area contributed by atoms with E-state index < -0.39 is 35.6 Å². The molecule has 1 aromatic rings. The summed E-state index contributed by atoms with van der Waals surface area (Å²) in [7, 11) is 0. The lowest BCUT2D eigenvalue weighted by atomic mass is 9.42. The molecule has 0 radical (unpaired) electrons. The van der Waals surface area contributed by atoms with E-state index in [2.05, 4.69) is 32.6 Å². The monoisotopic (exact) mass is 666 g/mol. The summed E-state index contributed by atoms with van der Waals surface area (Å²) in [5.41, 5.74) is -0.786. The number of carbonyl (C=O) groups excluding carboxylic acids is 1. The van der Waals surface area contributed by atoms with Gasteiger partial charge in [0.2, 0.25) is 0 Å². The number of halogens is 1. The average molecular weight is 667 g/mol. The SMILES string of the molecule is CCCCOC(=O)C(C)=Cc1ccc(C#CC2(O)CCC3(C)C(CC(O)C4C3CC(O)C3(C)C(C(C)CCC(=O)O)CCC43)C2)c(F)c1. The number of aliphatic carboxylic acids is 1. The van der Waals surface area contributed by atoms with Gasteiger partial charge in [0.1, 0.15) is 11.4 Å². The van der Waals surface area contributed by atoms with Crippen LogP contribution >= 0.6 is 0 Å². The molecule has 4 fully saturated rings. The van der Waals surface area contributed by atoms with E-state index in [9.17, 15) is 30.0 Å². The van der Waals surface area contributed by atoms with Gasteiger partial charge in [-0.3, -0.25) is 4.79 Å². The fourth-order valence-corrected chi connectivity index (χ4v) is 10.4. The molecule has 48 heavy (non-hydrogen) atoms. The predicted molar refractivity (Wildman–Crippen MR) is 182 cm³/mol. The van der Waals surface area contributed by atoms with Gasteiger partial charge in [-0.15, -0.1) is 0 Å². The van der Waals surface area contributed by atoms with Gasteiger partial charge in [-0.1, -0.05) is 52.0 Å². The van der Waals surface area contributed by atoms with Crippen LogP contribution < -0.4 is 0 Å². The molecule has 0 spiro atoms. The molecule has 4 saturated carbocycles. The van der Waals surface area contributed by atoms with Crippen molar-refractivity contribution < 1.29 is 39.1 Å². The van der Waals surface area contributed by atoms with Crippen LogP contribution in [0.2, 0.25) is 0 Å². The number of carboxylic acids is 1. The van der Waals surface area contributed by atoms with E-state index in [1.165, 1.54) is 6.07 Å². The number of aliphatic hydroxyl groups excluding tert-OH is 2. The maximum atomic E-state index is 15.1. The van der Waals surface area contributed by atoms with Gasteiger partial charge in [0.05, 0.1) is 24.4 Å². The van der Waals surface area contributed by atoms with Crippen molar-refractivity contribution in [1.82, 2.24) is 0 Å². The molecule has 0 aromatic heterocycles. The Balaban J connectivity index is 1.29. The Morgan fingerprint density at radius 1 is 1.15 bits per heavy atom. The highest BCUT2D eigenvalue weighted by atomic mass is 19.1. The number of hydrogen-bond donors (Lipinski definition) is 4. The molecule has 4 aliphatic carbocycles. The molecule has 11 unspecified atom stereocenters. The Kier molecular flexibility index (Phi) is 10.8. The van der Waals surface area contributed by atoms with E-state index >= 15 is 4.39 Å². The number of esters is 1. The molecule has 7 nitrogen and oxygen atoms in total. The Bertz CT molecular complexity index is 1460. The molecule has 1 aromatic carbocycles. The van der Waals surface area contributed by atoms with E-state index in [0.717, 1.165) is 25.7 Å². The average Bonchev–Trinajstić information content (AvgIpc) is 3.39. The van der Waals surface area contributed by atoms with Crippen molar-refractivity contribution in [3.63, 3.8) is 0 Å². The molecule has 0 aliphatic heterocycles. The molecule has 4 aliphatic rings. The second kappa shape index (κ2) is 14.2. The minimum atomic E-state index is -1.32. The topological polar surface area (TPSA) is 124 Å². The summed E-state index contributed by atoms with van der Waals surface area (Å²) < 4.78 is 20.3. The Hall–Kier alpha value is -2.73. The first-order valence-electron chi connectivity index (χ1n) is 18.1. The van der Waals surface area contributed by atoms with Gasteiger partial charge >= 0.3 is 11.9 Å². The molecule has 8 heteroatoms. The Labute approximate surface area is 285 Å². The lowest BCUT2D eigenvalue weighted by Crippen LogP contribution is -2.63. The maximum Gasteiger partial charge on any atom is 0.333 e. The number of carboxylic acid groups (broad SMARTS) is 1. The number of benzene rings is 1. The summed E-state index contributed by atoms with van der Waals surface area (Å²) in [6.45, 7) is 10.6. The third-order valence-electron chi connectivity index (χ3n) is 13.3. The first-order chi connectivity index (χ1) is 22.6. The largest absolute Gasteiger partial charge is 0.481 e. The third kappa shape index (κ3) is 6.98. The number of rotatable bonds is 9. The zero-order chi connectivity index (χ0) is 35.0. The van der Waals surface area contributed by atoms with Gasteiger partial charge < -0.3 is 25.2 Å². The van der Waals surface area contributed by atoms with Crippen molar-refractivity contribution in [3.05, 3.63) is 40.7 Å². The van der Waals surface area contributed by atoms with Crippen LogP contribution in [0, 0.1) is 64.0 Å². The molecule has 4 N–H and O–H groups in total. The minimum Gasteiger partial charge on any atom is -0.481 e. The number of fused-ring (bicyclic) bond motifs is 5. The van der Waals surface area contributed by atoms with E-state index in [1.807, 2.05) is 6.92 Å². The Morgan fingerprint density at radius 3 is 2.58 bits per heavy atom. The lowest BCUT2D eigenvalue weighted by molar-refractivity contribution is -0.211. The third-order valence-corrected chi connectivity index (χ3v) is 13.3. The van der Waals surface area contributed by atoms with Gasteiger partial charge in [0, 0.05) is 12.0 Å². The van der Waals surface area contributed by atoms with Crippen LogP contribution in [0.3, 0.4) is 0 Å². The molecule has 11 atom stereocenters. The van der Waals surface area contributed by atoms with Gasteiger partial charge in [-0.25, -0.2) is 9.18 Å². The molecule has 0 amide bonds. The highest BCUT2D eigenvalue weighted by molar-refractivity contribution is 5.93. The molecular weight excluding hydrogens is 611 g/mol. The zero-order valence-corrected chi connectivity index (χ0v) is 29.3. The molecule has 0 heterocycles. The number of unbranched alkanes of at least 4 members (excludes halogenated alkanes) is 1. The van der Waals surface area contributed by atoms with Crippen molar-refractivity contribution in [3.8, 4) is 11.8 Å². The van der Waals surface area contributed by atoms with E-state index in [1.54, 1.807) is 25.1 Å². The van der Waals surface area contributed by atoms with Crippen molar-refractivity contribution >= 4 is 18.0 Å². The van der Waals surface area contributed by atoms with Crippen LogP contribution in [0.5, 0.6) is 0 Å². The fourth-order valence-electron chi connectivity index (χ4n) is 10.4. The predicted octanol–water partition coefficient (Wildman–Crippen LogP) is 6.76.